The van der Waals surface area contributed by atoms with Gasteiger partial charge in [-0.15, -0.1) is 0 Å². The molecule has 0 aliphatic carbocycles. The first-order valence-electron chi connectivity index (χ1n) is 10.6. The van der Waals surface area contributed by atoms with Crippen LogP contribution >= 0.6 is 23.2 Å². The van der Waals surface area contributed by atoms with Gasteiger partial charge in [-0.05, 0) is 62.4 Å². The van der Waals surface area contributed by atoms with Crippen LogP contribution in [0.2, 0.25) is 10.0 Å². The van der Waals surface area contributed by atoms with E-state index in [4.69, 9.17) is 32.9 Å². The van der Waals surface area contributed by atoms with E-state index in [9.17, 15) is 5.11 Å². The van der Waals surface area contributed by atoms with Crippen LogP contribution in [0.15, 0.2) is 41.4 Å². The standard InChI is InChI=1S/C24H30Cl2N2O2/c1-5-22(30-17(4)29)18-12-13-20(26)23(16(18)3)27-24-15(2)9-8-14-28(24)21-11-7-6-10-19(21)25/h6-7,10-13,15,17,22,29H,5,8-9,14H2,1-4H3/t15-,17?,22?/m0/s1. The van der Waals surface area contributed by atoms with Gasteiger partial charge in [0.2, 0.25) is 0 Å². The summed E-state index contributed by atoms with van der Waals surface area (Å²) in [7, 11) is 0. The highest BCUT2D eigenvalue weighted by atomic mass is 35.5. The molecule has 0 radical (unpaired) electrons. The van der Waals surface area contributed by atoms with E-state index in [-0.39, 0.29) is 12.0 Å². The predicted octanol–water partition coefficient (Wildman–Crippen LogP) is 7.07. The average molecular weight is 449 g/mol. The van der Waals surface area contributed by atoms with Gasteiger partial charge in [0.25, 0.3) is 0 Å². The molecule has 6 heteroatoms. The van der Waals surface area contributed by atoms with Gasteiger partial charge in [0, 0.05) is 12.5 Å². The van der Waals surface area contributed by atoms with E-state index in [0.717, 1.165) is 54.1 Å². The van der Waals surface area contributed by atoms with Crippen LogP contribution in [-0.2, 0) is 4.74 Å². The SMILES string of the molecule is CCC(OC(C)O)c1ccc(Cl)c(N=C2[C@@H](C)CCCN2c2ccccc2Cl)c1C. The zero-order chi connectivity index (χ0) is 21.8. The number of aliphatic hydroxyl groups excluding tert-OH is 1. The molecule has 3 atom stereocenters. The lowest BCUT2D eigenvalue weighted by molar-refractivity contribution is -0.126. The zero-order valence-corrected chi connectivity index (χ0v) is 19.5. The first-order chi connectivity index (χ1) is 14.3. The number of hydrogen-bond acceptors (Lipinski definition) is 3. The Hall–Kier alpha value is -1.59. The Morgan fingerprint density at radius 2 is 1.93 bits per heavy atom. The van der Waals surface area contributed by atoms with Crippen molar-refractivity contribution in [3.8, 4) is 0 Å². The number of aliphatic hydroxyl groups is 1. The molecular weight excluding hydrogens is 419 g/mol. The Kier molecular flexibility index (Phi) is 7.81. The fourth-order valence-corrected chi connectivity index (χ4v) is 4.55. The van der Waals surface area contributed by atoms with E-state index in [1.54, 1.807) is 6.92 Å². The highest BCUT2D eigenvalue weighted by Crippen LogP contribution is 2.38. The van der Waals surface area contributed by atoms with Gasteiger partial charge in [-0.2, -0.15) is 0 Å². The molecule has 30 heavy (non-hydrogen) atoms. The van der Waals surface area contributed by atoms with Crippen LogP contribution in [0.5, 0.6) is 0 Å². The summed E-state index contributed by atoms with van der Waals surface area (Å²) >= 11 is 13.1. The maximum Gasteiger partial charge on any atom is 0.152 e. The predicted molar refractivity (Wildman–Crippen MR) is 126 cm³/mol. The number of aliphatic imine (C=N–C) groups is 1. The Balaban J connectivity index is 2.09. The van der Waals surface area contributed by atoms with E-state index in [1.165, 1.54) is 0 Å². The molecule has 0 amide bonds. The summed E-state index contributed by atoms with van der Waals surface area (Å²) in [5.74, 6) is 1.26. The minimum absolute atomic E-state index is 0.218. The maximum atomic E-state index is 9.72. The van der Waals surface area contributed by atoms with Gasteiger partial charge in [-0.3, -0.25) is 0 Å². The number of halogens is 2. The molecule has 2 aromatic rings. The smallest absolute Gasteiger partial charge is 0.152 e. The van der Waals surface area contributed by atoms with Gasteiger partial charge >= 0.3 is 0 Å². The molecule has 1 saturated heterocycles. The molecule has 3 rings (SSSR count). The van der Waals surface area contributed by atoms with Crippen molar-refractivity contribution in [1.29, 1.82) is 0 Å². The maximum absolute atomic E-state index is 9.72. The van der Waals surface area contributed by atoms with Gasteiger partial charge in [-0.1, -0.05) is 55.2 Å². The van der Waals surface area contributed by atoms with Crippen molar-refractivity contribution in [2.45, 2.75) is 59.4 Å². The normalized spacial score (nSPS) is 20.4. The first kappa shape index (κ1) is 23.1. The van der Waals surface area contributed by atoms with Crippen molar-refractivity contribution >= 4 is 40.4 Å². The highest BCUT2D eigenvalue weighted by molar-refractivity contribution is 6.34. The van der Waals surface area contributed by atoms with E-state index < -0.39 is 6.29 Å². The van der Waals surface area contributed by atoms with Gasteiger partial charge in [0.1, 0.15) is 5.84 Å². The van der Waals surface area contributed by atoms with Crippen LogP contribution in [-0.4, -0.2) is 23.8 Å². The Morgan fingerprint density at radius 1 is 1.20 bits per heavy atom. The summed E-state index contributed by atoms with van der Waals surface area (Å²) in [6, 6.07) is 11.7. The first-order valence-corrected chi connectivity index (χ1v) is 11.3. The fraction of sp³-hybridized carbons (Fsp3) is 0.458. The molecular formula is C24H30Cl2N2O2. The van der Waals surface area contributed by atoms with Crippen LogP contribution in [0.1, 0.15) is 57.3 Å². The molecule has 0 spiro atoms. The van der Waals surface area contributed by atoms with Crippen molar-refractivity contribution in [3.05, 3.63) is 57.6 Å². The molecule has 1 aliphatic rings. The molecule has 1 N–H and O–H groups in total. The van der Waals surface area contributed by atoms with E-state index >= 15 is 0 Å². The van der Waals surface area contributed by atoms with Crippen molar-refractivity contribution in [2.75, 3.05) is 11.4 Å². The molecule has 0 aromatic heterocycles. The third-order valence-corrected chi connectivity index (χ3v) is 6.23. The number of rotatable bonds is 6. The minimum atomic E-state index is -0.839. The second-order valence-corrected chi connectivity index (χ2v) is 8.67. The summed E-state index contributed by atoms with van der Waals surface area (Å²) in [5.41, 5.74) is 3.69. The molecule has 4 nitrogen and oxygen atoms in total. The highest BCUT2D eigenvalue weighted by Gasteiger charge is 2.27. The number of nitrogens with zero attached hydrogens (tertiary/aromatic N) is 2. The second kappa shape index (κ2) is 10.1. The molecule has 1 fully saturated rings. The number of piperidine rings is 1. The van der Waals surface area contributed by atoms with Gasteiger partial charge in [-0.25, -0.2) is 4.99 Å². The lowest BCUT2D eigenvalue weighted by Crippen LogP contribution is -2.40. The molecule has 2 unspecified atom stereocenters. The van der Waals surface area contributed by atoms with Crippen molar-refractivity contribution in [3.63, 3.8) is 0 Å². The molecule has 2 aromatic carbocycles. The Bertz CT molecular complexity index is 914. The third kappa shape index (κ3) is 5.00. The third-order valence-electron chi connectivity index (χ3n) is 5.61. The quantitative estimate of drug-likeness (QED) is 0.480. The fourth-order valence-electron chi connectivity index (χ4n) is 4.06. The van der Waals surface area contributed by atoms with Crippen LogP contribution in [0.4, 0.5) is 11.4 Å². The summed E-state index contributed by atoms with van der Waals surface area (Å²) < 4.78 is 5.71. The van der Waals surface area contributed by atoms with E-state index in [2.05, 4.69) is 11.8 Å². The summed E-state index contributed by atoms with van der Waals surface area (Å²) in [6.07, 6.45) is 1.83. The number of benzene rings is 2. The average Bonchev–Trinajstić information content (AvgIpc) is 2.71. The van der Waals surface area contributed by atoms with Crippen LogP contribution < -0.4 is 4.90 Å². The van der Waals surface area contributed by atoms with E-state index in [0.29, 0.717) is 10.0 Å². The monoisotopic (exact) mass is 448 g/mol. The molecule has 162 valence electrons. The minimum Gasteiger partial charge on any atom is -0.368 e. The van der Waals surface area contributed by atoms with Crippen LogP contribution in [0.25, 0.3) is 0 Å². The molecule has 0 saturated carbocycles. The Labute approximate surface area is 189 Å². The number of amidine groups is 1. The number of anilines is 1. The van der Waals surface area contributed by atoms with Gasteiger partial charge in [0.15, 0.2) is 6.29 Å². The lowest BCUT2D eigenvalue weighted by Gasteiger charge is -2.35. The van der Waals surface area contributed by atoms with Crippen LogP contribution in [0, 0.1) is 12.8 Å². The van der Waals surface area contributed by atoms with Gasteiger partial charge in [0.05, 0.1) is 27.5 Å². The van der Waals surface area contributed by atoms with E-state index in [1.807, 2.05) is 50.2 Å². The number of hydrogen-bond donors (Lipinski definition) is 1. The number of ether oxygens (including phenoxy) is 1. The summed E-state index contributed by atoms with van der Waals surface area (Å²) in [5, 5.41) is 11.0. The second-order valence-electron chi connectivity index (χ2n) is 7.86. The lowest BCUT2D eigenvalue weighted by atomic mass is 9.96. The largest absolute Gasteiger partial charge is 0.368 e. The molecule has 1 heterocycles. The molecule has 0 bridgehead atoms. The van der Waals surface area contributed by atoms with Crippen molar-refractivity contribution < 1.29 is 9.84 Å². The zero-order valence-electron chi connectivity index (χ0n) is 18.0. The summed E-state index contributed by atoms with van der Waals surface area (Å²) in [6.45, 7) is 8.74. The Morgan fingerprint density at radius 3 is 2.60 bits per heavy atom. The van der Waals surface area contributed by atoms with Crippen LogP contribution in [0.3, 0.4) is 0 Å². The van der Waals surface area contributed by atoms with Gasteiger partial charge < -0.3 is 14.7 Å². The topological polar surface area (TPSA) is 45.1 Å². The molecule has 1 aliphatic heterocycles. The summed E-state index contributed by atoms with van der Waals surface area (Å²) in [4.78, 5) is 7.30. The van der Waals surface area contributed by atoms with Crippen molar-refractivity contribution in [2.24, 2.45) is 10.9 Å². The van der Waals surface area contributed by atoms with Crippen molar-refractivity contribution in [1.82, 2.24) is 0 Å². The number of para-hydroxylation sites is 1.